The molecule has 0 radical (unpaired) electrons. The van der Waals surface area contributed by atoms with E-state index in [-0.39, 0.29) is 5.75 Å². The number of carboxylic acid groups (broad SMARTS) is 1. The quantitative estimate of drug-likeness (QED) is 0.587. The highest BCUT2D eigenvalue weighted by Gasteiger charge is 2.32. The number of methoxy groups -OCH3 is 1. The van der Waals surface area contributed by atoms with Crippen molar-refractivity contribution in [3.63, 3.8) is 0 Å². The first-order chi connectivity index (χ1) is 10.2. The summed E-state index contributed by atoms with van der Waals surface area (Å²) in [6, 6.07) is 9.28. The van der Waals surface area contributed by atoms with Gasteiger partial charge < -0.3 is 14.9 Å². The molecule has 0 amide bonds. The van der Waals surface area contributed by atoms with Gasteiger partial charge in [0.25, 0.3) is 0 Å². The summed E-state index contributed by atoms with van der Waals surface area (Å²) >= 11 is 0. The predicted octanol–water partition coefficient (Wildman–Crippen LogP) is -0.000900. The first kappa shape index (κ1) is 18.6. The lowest BCUT2D eigenvalue weighted by Crippen LogP contribution is -2.48. The molecule has 8 heteroatoms. The number of hydrogen-bond acceptors (Lipinski definition) is 5. The Hall–Kier alpha value is -1.48. The molecule has 7 nitrogen and oxygen atoms in total. The third-order valence-electron chi connectivity index (χ3n) is 3.14. The van der Waals surface area contributed by atoms with Crippen molar-refractivity contribution in [2.75, 3.05) is 19.4 Å². The fraction of sp³-hybridized carbons (Fsp3) is 0.500. The van der Waals surface area contributed by atoms with Gasteiger partial charge in [0.05, 0.1) is 11.9 Å². The SMILES string of the molecule is COC(Cc1ccccc1)CS(=O)(=O)NCC(C)(O)C(=O)O. The van der Waals surface area contributed by atoms with Crippen LogP contribution in [0.1, 0.15) is 12.5 Å². The lowest BCUT2D eigenvalue weighted by molar-refractivity contribution is -0.155. The lowest BCUT2D eigenvalue weighted by Gasteiger charge is -2.20. The number of sulfonamides is 1. The number of carboxylic acids is 1. The summed E-state index contributed by atoms with van der Waals surface area (Å²) in [7, 11) is -2.36. The molecule has 2 atom stereocenters. The van der Waals surface area contributed by atoms with Crippen molar-refractivity contribution in [1.29, 1.82) is 0 Å². The number of hydrogen-bond donors (Lipinski definition) is 3. The second-order valence-corrected chi connectivity index (χ2v) is 7.08. The molecule has 1 aromatic carbocycles. The van der Waals surface area contributed by atoms with Gasteiger partial charge in [-0.1, -0.05) is 30.3 Å². The molecule has 0 bridgehead atoms. The average Bonchev–Trinajstić information content (AvgIpc) is 2.45. The first-order valence-electron chi connectivity index (χ1n) is 6.66. The van der Waals surface area contributed by atoms with Gasteiger partial charge in [-0.2, -0.15) is 0 Å². The highest BCUT2D eigenvalue weighted by Crippen LogP contribution is 2.08. The van der Waals surface area contributed by atoms with E-state index in [4.69, 9.17) is 9.84 Å². The van der Waals surface area contributed by atoms with Gasteiger partial charge in [0.2, 0.25) is 10.0 Å². The molecule has 0 saturated heterocycles. The summed E-state index contributed by atoms with van der Waals surface area (Å²) in [5.74, 6) is -1.82. The van der Waals surface area contributed by atoms with Crippen LogP contribution in [0.5, 0.6) is 0 Å². The number of ether oxygens (including phenoxy) is 1. The minimum atomic E-state index is -3.78. The summed E-state index contributed by atoms with van der Waals surface area (Å²) in [5.41, 5.74) is -1.23. The molecule has 0 aromatic heterocycles. The molecule has 0 saturated carbocycles. The molecule has 2 unspecified atom stereocenters. The number of benzene rings is 1. The third kappa shape index (κ3) is 6.10. The topological polar surface area (TPSA) is 113 Å². The Labute approximate surface area is 130 Å². The molecule has 124 valence electrons. The van der Waals surface area contributed by atoms with Gasteiger partial charge >= 0.3 is 5.97 Å². The number of nitrogens with one attached hydrogen (secondary N) is 1. The fourth-order valence-electron chi connectivity index (χ4n) is 1.72. The molecule has 22 heavy (non-hydrogen) atoms. The van der Waals surface area contributed by atoms with Crippen LogP contribution in [0, 0.1) is 0 Å². The van der Waals surface area contributed by atoms with Crippen LogP contribution >= 0.6 is 0 Å². The molecule has 3 N–H and O–H groups in total. The zero-order valence-electron chi connectivity index (χ0n) is 12.5. The van der Waals surface area contributed by atoms with Gasteiger partial charge in [0, 0.05) is 13.7 Å². The maximum atomic E-state index is 12.0. The Bertz CT molecular complexity index is 585. The van der Waals surface area contributed by atoms with Gasteiger partial charge in [0.1, 0.15) is 0 Å². The lowest BCUT2D eigenvalue weighted by atomic mass is 10.1. The van der Waals surface area contributed by atoms with E-state index in [2.05, 4.69) is 4.72 Å². The normalized spacial score (nSPS) is 16.0. The fourth-order valence-corrected chi connectivity index (χ4v) is 3.08. The molecule has 0 aliphatic rings. The van der Waals surface area contributed by atoms with E-state index in [1.165, 1.54) is 7.11 Å². The van der Waals surface area contributed by atoms with E-state index >= 15 is 0 Å². The van der Waals surface area contributed by atoms with Crippen LogP contribution in [0.25, 0.3) is 0 Å². The number of rotatable bonds is 9. The highest BCUT2D eigenvalue weighted by molar-refractivity contribution is 7.89. The van der Waals surface area contributed by atoms with E-state index < -0.39 is 34.2 Å². The standard InChI is InChI=1S/C14H21NO6S/c1-14(18,13(16)17)10-15-22(19,20)9-12(21-2)8-11-6-4-3-5-7-11/h3-7,12,15,18H,8-10H2,1-2H3,(H,16,17). The highest BCUT2D eigenvalue weighted by atomic mass is 32.2. The van der Waals surface area contributed by atoms with Crippen LogP contribution < -0.4 is 4.72 Å². The maximum Gasteiger partial charge on any atom is 0.336 e. The van der Waals surface area contributed by atoms with Gasteiger partial charge in [-0.05, 0) is 18.9 Å². The Kier molecular flexibility index (Phi) is 6.48. The first-order valence-corrected chi connectivity index (χ1v) is 8.31. The number of aliphatic hydroxyl groups is 1. The summed E-state index contributed by atoms with van der Waals surface area (Å²) in [4.78, 5) is 10.7. The molecular weight excluding hydrogens is 310 g/mol. The molecule has 0 aliphatic heterocycles. The van der Waals surface area contributed by atoms with E-state index in [1.54, 1.807) is 0 Å². The third-order valence-corrected chi connectivity index (χ3v) is 4.54. The van der Waals surface area contributed by atoms with Crippen LogP contribution in [0.15, 0.2) is 30.3 Å². The summed E-state index contributed by atoms with van der Waals surface area (Å²) < 4.78 is 31.2. The van der Waals surface area contributed by atoms with E-state index in [9.17, 15) is 18.3 Å². The maximum absolute atomic E-state index is 12.0. The summed E-state index contributed by atoms with van der Waals surface area (Å²) in [5, 5.41) is 18.3. The Morgan fingerprint density at radius 3 is 2.45 bits per heavy atom. The van der Waals surface area contributed by atoms with Gasteiger partial charge in [-0.3, -0.25) is 0 Å². The minimum absolute atomic E-state index is 0.325. The van der Waals surface area contributed by atoms with Crippen LogP contribution in [0.2, 0.25) is 0 Å². The van der Waals surface area contributed by atoms with Gasteiger partial charge in [0.15, 0.2) is 5.60 Å². The molecular formula is C14H21NO6S. The van der Waals surface area contributed by atoms with E-state index in [0.717, 1.165) is 12.5 Å². The average molecular weight is 331 g/mol. The predicted molar refractivity (Wildman–Crippen MR) is 81.0 cm³/mol. The summed E-state index contributed by atoms with van der Waals surface area (Å²) in [6.45, 7) is 0.419. The van der Waals surface area contributed by atoms with Crippen LogP contribution in [-0.4, -0.2) is 55.7 Å². The zero-order chi connectivity index (χ0) is 16.8. The minimum Gasteiger partial charge on any atom is -0.479 e. The summed E-state index contributed by atoms with van der Waals surface area (Å²) in [6.07, 6.45) is -0.164. The second kappa shape index (κ2) is 7.68. The van der Waals surface area contributed by atoms with Gasteiger partial charge in [-0.15, -0.1) is 0 Å². The molecule has 1 rings (SSSR count). The molecule has 0 heterocycles. The molecule has 1 aromatic rings. The Morgan fingerprint density at radius 1 is 1.36 bits per heavy atom. The van der Waals surface area contributed by atoms with Crippen molar-refractivity contribution in [3.8, 4) is 0 Å². The van der Waals surface area contributed by atoms with E-state index in [0.29, 0.717) is 6.42 Å². The van der Waals surface area contributed by atoms with Crippen molar-refractivity contribution in [2.45, 2.75) is 25.0 Å². The van der Waals surface area contributed by atoms with Crippen molar-refractivity contribution in [2.24, 2.45) is 0 Å². The number of carbonyl (C=O) groups is 1. The van der Waals surface area contributed by atoms with Crippen molar-refractivity contribution in [3.05, 3.63) is 35.9 Å². The van der Waals surface area contributed by atoms with Crippen LogP contribution in [0.4, 0.5) is 0 Å². The van der Waals surface area contributed by atoms with Crippen molar-refractivity contribution in [1.82, 2.24) is 4.72 Å². The smallest absolute Gasteiger partial charge is 0.336 e. The van der Waals surface area contributed by atoms with E-state index in [1.807, 2.05) is 30.3 Å². The monoisotopic (exact) mass is 331 g/mol. The Balaban J connectivity index is 2.63. The zero-order valence-corrected chi connectivity index (χ0v) is 13.3. The van der Waals surface area contributed by atoms with Crippen LogP contribution in [-0.2, 0) is 26.0 Å². The molecule has 0 fully saturated rings. The van der Waals surface area contributed by atoms with Crippen LogP contribution in [0.3, 0.4) is 0 Å². The van der Waals surface area contributed by atoms with Gasteiger partial charge in [-0.25, -0.2) is 17.9 Å². The molecule has 0 aliphatic carbocycles. The number of aliphatic carboxylic acids is 1. The molecule has 0 spiro atoms. The van der Waals surface area contributed by atoms with Crippen molar-refractivity contribution < 1.29 is 28.2 Å². The Morgan fingerprint density at radius 2 is 1.95 bits per heavy atom. The second-order valence-electron chi connectivity index (χ2n) is 5.23. The largest absolute Gasteiger partial charge is 0.479 e. The van der Waals surface area contributed by atoms with Crippen molar-refractivity contribution >= 4 is 16.0 Å².